The van der Waals surface area contributed by atoms with Crippen LogP contribution in [0.15, 0.2) is 64.5 Å². The van der Waals surface area contributed by atoms with Gasteiger partial charge >= 0.3 is 5.97 Å². The minimum Gasteiger partial charge on any atom is -0.493 e. The molecule has 0 aliphatic heterocycles. The fraction of sp³-hybridized carbons (Fsp3) is 0.240. The van der Waals surface area contributed by atoms with E-state index in [2.05, 4.69) is 9.72 Å². The zero-order chi connectivity index (χ0) is 23.4. The summed E-state index contributed by atoms with van der Waals surface area (Å²) in [6.07, 6.45) is 1.92. The van der Waals surface area contributed by atoms with Crippen LogP contribution in [0.5, 0.6) is 11.5 Å². The molecule has 8 heteroatoms. The van der Waals surface area contributed by atoms with Gasteiger partial charge in [-0.25, -0.2) is 4.98 Å². The zero-order valence-corrected chi connectivity index (χ0v) is 19.5. The number of aromatic nitrogens is 2. The van der Waals surface area contributed by atoms with E-state index in [1.54, 1.807) is 36.9 Å². The summed E-state index contributed by atoms with van der Waals surface area (Å²) in [5.74, 6) is 1.65. The molecule has 0 saturated carbocycles. The largest absolute Gasteiger partial charge is 0.493 e. The molecule has 0 unspecified atom stereocenters. The average Bonchev–Trinajstić information content (AvgIpc) is 2.85. The van der Waals surface area contributed by atoms with Crippen LogP contribution in [-0.2, 0) is 16.1 Å². The second-order valence-corrected chi connectivity index (χ2v) is 8.55. The van der Waals surface area contributed by atoms with Crippen LogP contribution in [-0.4, -0.2) is 42.6 Å². The maximum Gasteiger partial charge on any atom is 0.306 e. The maximum atomic E-state index is 13.4. The van der Waals surface area contributed by atoms with Gasteiger partial charge in [-0.3, -0.25) is 14.2 Å². The molecule has 0 bridgehead atoms. The molecule has 7 nitrogen and oxygen atoms in total. The molecular weight excluding hydrogens is 440 g/mol. The molecule has 1 aromatic heterocycles. The molecule has 33 heavy (non-hydrogen) atoms. The first-order valence-corrected chi connectivity index (χ1v) is 11.3. The number of thioether (sulfide) groups is 1. The number of carbonyl (C=O) groups is 1. The third-order valence-corrected chi connectivity index (χ3v) is 6.38. The Morgan fingerprint density at radius 3 is 2.58 bits per heavy atom. The molecule has 1 heterocycles. The smallest absolute Gasteiger partial charge is 0.306 e. The highest BCUT2D eigenvalue weighted by atomic mass is 32.2. The molecule has 0 spiro atoms. The van der Waals surface area contributed by atoms with Crippen LogP contribution in [0, 0.1) is 0 Å². The molecule has 0 saturated heterocycles. The van der Waals surface area contributed by atoms with Crippen LogP contribution in [0.3, 0.4) is 0 Å². The van der Waals surface area contributed by atoms with Gasteiger partial charge in [0.15, 0.2) is 11.5 Å². The third-order valence-electron chi connectivity index (χ3n) is 5.38. The number of carbonyl (C=O) groups excluding carboxylic acids is 1. The first-order chi connectivity index (χ1) is 16.0. The van der Waals surface area contributed by atoms with Crippen molar-refractivity contribution in [2.45, 2.75) is 17.9 Å². The van der Waals surface area contributed by atoms with Crippen LogP contribution in [0.1, 0.15) is 12.0 Å². The van der Waals surface area contributed by atoms with Crippen molar-refractivity contribution in [3.8, 4) is 11.5 Å². The highest BCUT2D eigenvalue weighted by Crippen LogP contribution is 2.29. The monoisotopic (exact) mass is 464 g/mol. The first-order valence-electron chi connectivity index (χ1n) is 10.4. The Kier molecular flexibility index (Phi) is 6.84. The number of benzene rings is 3. The lowest BCUT2D eigenvalue weighted by Gasteiger charge is -2.12. The molecule has 4 aromatic rings. The molecular formula is C25H24N2O5S. The van der Waals surface area contributed by atoms with Gasteiger partial charge in [0.2, 0.25) is 0 Å². The highest BCUT2D eigenvalue weighted by molar-refractivity contribution is 7.99. The molecule has 0 radical (unpaired) electrons. The van der Waals surface area contributed by atoms with Crippen LogP contribution in [0.4, 0.5) is 0 Å². The van der Waals surface area contributed by atoms with Crippen molar-refractivity contribution in [1.82, 2.24) is 9.55 Å². The summed E-state index contributed by atoms with van der Waals surface area (Å²) in [4.78, 5) is 30.3. The topological polar surface area (TPSA) is 79.7 Å². The number of nitrogens with zero attached hydrogens (tertiary/aromatic N) is 2. The second-order valence-electron chi connectivity index (χ2n) is 7.38. The summed E-state index contributed by atoms with van der Waals surface area (Å²) in [5, 5.41) is 2.39. The van der Waals surface area contributed by atoms with Gasteiger partial charge in [0.1, 0.15) is 0 Å². The zero-order valence-electron chi connectivity index (χ0n) is 18.7. The fourth-order valence-corrected chi connectivity index (χ4v) is 4.57. The van der Waals surface area contributed by atoms with Gasteiger partial charge in [-0.05, 0) is 46.7 Å². The minimum absolute atomic E-state index is 0.105. The van der Waals surface area contributed by atoms with E-state index >= 15 is 0 Å². The Balaban J connectivity index is 1.67. The van der Waals surface area contributed by atoms with E-state index in [1.165, 1.54) is 7.11 Å². The van der Waals surface area contributed by atoms with Gasteiger partial charge in [-0.2, -0.15) is 0 Å². The highest BCUT2D eigenvalue weighted by Gasteiger charge is 2.11. The molecule has 3 aromatic carbocycles. The number of hydrogen-bond donors (Lipinski definition) is 0. The summed E-state index contributed by atoms with van der Waals surface area (Å²) in [6, 6.07) is 15.4. The summed E-state index contributed by atoms with van der Waals surface area (Å²) >= 11 is 1.58. The Labute approximate surface area is 195 Å². The normalized spacial score (nSPS) is 11.0. The standard InChI is InChI=1S/C25H24N2O5S/c1-30-21-9-4-16(12-22(21)31-2)14-27-15-26-20-8-5-17-13-18(33-11-10-23(28)32-3)6-7-19(17)24(20)25(27)29/h4-9,12-13,15H,10-11,14H2,1-3H3. The van der Waals surface area contributed by atoms with E-state index < -0.39 is 0 Å². The van der Waals surface area contributed by atoms with E-state index in [9.17, 15) is 9.59 Å². The number of fused-ring (bicyclic) bond motifs is 3. The number of ether oxygens (including phenoxy) is 3. The van der Waals surface area contributed by atoms with Gasteiger partial charge in [0.25, 0.3) is 5.56 Å². The number of esters is 1. The van der Waals surface area contributed by atoms with E-state index in [0.717, 1.165) is 21.2 Å². The average molecular weight is 465 g/mol. The van der Waals surface area contributed by atoms with Crippen LogP contribution >= 0.6 is 11.8 Å². The molecule has 170 valence electrons. The summed E-state index contributed by atoms with van der Waals surface area (Å²) < 4.78 is 17.0. The van der Waals surface area contributed by atoms with Crippen molar-refractivity contribution in [3.63, 3.8) is 0 Å². The van der Waals surface area contributed by atoms with E-state index in [4.69, 9.17) is 9.47 Å². The Morgan fingerprint density at radius 2 is 1.82 bits per heavy atom. The van der Waals surface area contributed by atoms with Crippen LogP contribution in [0.2, 0.25) is 0 Å². The van der Waals surface area contributed by atoms with Crippen LogP contribution < -0.4 is 15.0 Å². The molecule has 0 N–H and O–H groups in total. The SMILES string of the molecule is COC(=O)CCSc1ccc2c(ccc3ncn(Cc4ccc(OC)c(OC)c4)c(=O)c32)c1. The molecule has 0 fully saturated rings. The Hall–Kier alpha value is -3.52. The van der Waals surface area contributed by atoms with Crippen LogP contribution in [0.25, 0.3) is 21.7 Å². The van der Waals surface area contributed by atoms with E-state index in [-0.39, 0.29) is 11.5 Å². The lowest BCUT2D eigenvalue weighted by Crippen LogP contribution is -2.21. The van der Waals surface area contributed by atoms with Gasteiger partial charge < -0.3 is 14.2 Å². The first kappa shape index (κ1) is 22.7. The lowest BCUT2D eigenvalue weighted by molar-refractivity contribution is -0.140. The minimum atomic E-state index is -0.226. The fourth-order valence-electron chi connectivity index (χ4n) is 3.69. The summed E-state index contributed by atoms with van der Waals surface area (Å²) in [6.45, 7) is 0.361. The molecule has 0 aliphatic rings. The second kappa shape index (κ2) is 9.95. The Morgan fingerprint density at radius 1 is 1.00 bits per heavy atom. The third kappa shape index (κ3) is 4.80. The molecule has 4 rings (SSSR count). The predicted molar refractivity (Wildman–Crippen MR) is 130 cm³/mol. The number of hydrogen-bond acceptors (Lipinski definition) is 7. The van der Waals surface area contributed by atoms with E-state index in [0.29, 0.717) is 41.1 Å². The van der Waals surface area contributed by atoms with Crippen molar-refractivity contribution < 1.29 is 19.0 Å². The van der Waals surface area contributed by atoms with Gasteiger partial charge in [0, 0.05) is 10.6 Å². The quantitative estimate of drug-likeness (QED) is 0.219. The summed E-state index contributed by atoms with van der Waals surface area (Å²) in [7, 11) is 4.56. The van der Waals surface area contributed by atoms with Crippen molar-refractivity contribution in [3.05, 3.63) is 70.8 Å². The van der Waals surface area contributed by atoms with Gasteiger partial charge in [-0.1, -0.05) is 18.2 Å². The van der Waals surface area contributed by atoms with Crippen molar-refractivity contribution in [1.29, 1.82) is 0 Å². The predicted octanol–water partition coefficient (Wildman–Crippen LogP) is 4.27. The summed E-state index contributed by atoms with van der Waals surface area (Å²) in [5.41, 5.74) is 1.45. The number of methoxy groups -OCH3 is 3. The Bertz CT molecular complexity index is 1380. The molecule has 0 aliphatic carbocycles. The number of rotatable bonds is 8. The molecule has 0 atom stereocenters. The lowest BCUT2D eigenvalue weighted by atomic mass is 10.1. The van der Waals surface area contributed by atoms with Crippen molar-refractivity contribution >= 4 is 39.4 Å². The van der Waals surface area contributed by atoms with Gasteiger partial charge in [-0.15, -0.1) is 11.8 Å². The maximum absolute atomic E-state index is 13.4. The van der Waals surface area contributed by atoms with Crippen molar-refractivity contribution in [2.75, 3.05) is 27.1 Å². The van der Waals surface area contributed by atoms with E-state index in [1.807, 2.05) is 48.5 Å². The van der Waals surface area contributed by atoms with Gasteiger partial charge in [0.05, 0.1) is 51.5 Å². The van der Waals surface area contributed by atoms with Crippen molar-refractivity contribution in [2.24, 2.45) is 0 Å². The molecule has 0 amide bonds.